The third-order valence-electron chi connectivity index (χ3n) is 5.01. The molecule has 1 fully saturated rings. The van der Waals surface area contributed by atoms with E-state index in [1.807, 2.05) is 0 Å². The molecule has 1 aliphatic heterocycles. The van der Waals surface area contributed by atoms with E-state index in [0.29, 0.717) is 16.9 Å². The lowest BCUT2D eigenvalue weighted by Crippen LogP contribution is -2.65. The van der Waals surface area contributed by atoms with Crippen molar-refractivity contribution in [3.63, 3.8) is 0 Å². The zero-order valence-corrected chi connectivity index (χ0v) is 16.4. The number of hydrogen-bond donors (Lipinski definition) is 5. The molecule has 11 heteroatoms. The second-order valence-electron chi connectivity index (χ2n) is 8.09. The Labute approximate surface area is 161 Å². The molecular formula is C17H27N6O5+. The molecule has 28 heavy (non-hydrogen) atoms. The number of nitrogens with one attached hydrogen (secondary N) is 1. The monoisotopic (exact) mass is 395 g/mol. The Morgan fingerprint density at radius 1 is 1.50 bits per heavy atom. The molecule has 3 heterocycles. The molecule has 0 aromatic carbocycles. The van der Waals surface area contributed by atoms with Crippen LogP contribution >= 0.6 is 0 Å². The first-order valence-electron chi connectivity index (χ1n) is 8.95. The molecule has 2 unspecified atom stereocenters. The molecule has 154 valence electrons. The maximum absolute atomic E-state index is 12.9. The molecular weight excluding hydrogens is 368 g/mol. The standard InChI is InChI=1S/C17H27N6O5/c1-16(2,3)28-15(25)23(27)10(8-24)5-6-17(23,26)11-7-19-13-12(11)20-9-21-14(13)22(4)18/h7,9-10,19,24,26-27H,5-6,8,18H2,1-4H3/q+1/t10?,17-,23?/m1/s1. The van der Waals surface area contributed by atoms with Crippen LogP contribution < -0.4 is 10.9 Å². The highest BCUT2D eigenvalue weighted by molar-refractivity contribution is 5.89. The van der Waals surface area contributed by atoms with Crippen molar-refractivity contribution in [2.75, 3.05) is 18.7 Å². The van der Waals surface area contributed by atoms with E-state index in [1.54, 1.807) is 27.8 Å². The lowest BCUT2D eigenvalue weighted by atomic mass is 10.0. The Hall–Kier alpha value is -2.31. The van der Waals surface area contributed by atoms with Gasteiger partial charge in [0.25, 0.3) is 5.72 Å². The molecule has 0 aliphatic carbocycles. The van der Waals surface area contributed by atoms with Crippen molar-refractivity contribution < 1.29 is 29.6 Å². The Morgan fingerprint density at radius 2 is 2.18 bits per heavy atom. The molecule has 3 atom stereocenters. The molecule has 6 N–H and O–H groups in total. The van der Waals surface area contributed by atoms with Crippen molar-refractivity contribution in [2.24, 2.45) is 5.84 Å². The van der Waals surface area contributed by atoms with Gasteiger partial charge >= 0.3 is 6.09 Å². The third-order valence-corrected chi connectivity index (χ3v) is 5.01. The van der Waals surface area contributed by atoms with E-state index < -0.39 is 34.7 Å². The molecule has 2 aromatic rings. The van der Waals surface area contributed by atoms with Gasteiger partial charge in [-0.05, 0) is 25.4 Å². The predicted molar refractivity (Wildman–Crippen MR) is 98.8 cm³/mol. The summed E-state index contributed by atoms with van der Waals surface area (Å²) >= 11 is 0. The van der Waals surface area contributed by atoms with E-state index in [2.05, 4.69) is 15.0 Å². The number of hydroxylamine groups is 3. The third kappa shape index (κ3) is 2.91. The van der Waals surface area contributed by atoms with Crippen LogP contribution in [0.5, 0.6) is 0 Å². The molecule has 1 aliphatic rings. The average Bonchev–Trinajstić information content (AvgIpc) is 3.14. The first-order chi connectivity index (χ1) is 13.0. The number of aliphatic hydroxyl groups excluding tert-OH is 1. The highest BCUT2D eigenvalue weighted by atomic mass is 16.7. The number of aromatic nitrogens is 3. The quantitative estimate of drug-likeness (QED) is 0.218. The SMILES string of the molecule is CN(N)c1ncnc2c([C@]3(O)CCC(CO)[N+]3(O)C(=O)OC(C)(C)C)c[nH]c12. The van der Waals surface area contributed by atoms with Gasteiger partial charge in [-0.2, -0.15) is 4.79 Å². The van der Waals surface area contributed by atoms with Crippen LogP contribution in [0, 0.1) is 0 Å². The number of aliphatic hydroxyl groups is 2. The molecule has 0 spiro atoms. The summed E-state index contributed by atoms with van der Waals surface area (Å²) in [6.45, 7) is 4.46. The van der Waals surface area contributed by atoms with Gasteiger partial charge in [-0.25, -0.2) is 21.0 Å². The van der Waals surface area contributed by atoms with E-state index in [-0.39, 0.29) is 18.4 Å². The first-order valence-corrected chi connectivity index (χ1v) is 8.95. The van der Waals surface area contributed by atoms with Gasteiger partial charge in [0.05, 0.1) is 12.2 Å². The summed E-state index contributed by atoms with van der Waals surface area (Å²) in [5, 5.41) is 34.0. The molecule has 1 saturated heterocycles. The number of rotatable bonds is 3. The number of nitrogens with zero attached hydrogens (tertiary/aromatic N) is 4. The summed E-state index contributed by atoms with van der Waals surface area (Å²) in [4.78, 5) is 24.2. The Kier molecular flexibility index (Phi) is 4.84. The summed E-state index contributed by atoms with van der Waals surface area (Å²) in [5.74, 6) is 6.17. The number of carbonyl (C=O) groups is 1. The van der Waals surface area contributed by atoms with Crippen molar-refractivity contribution in [2.45, 2.75) is 51.0 Å². The van der Waals surface area contributed by atoms with Gasteiger partial charge < -0.3 is 19.9 Å². The number of H-pyrrole nitrogens is 1. The minimum absolute atomic E-state index is 0.0126. The van der Waals surface area contributed by atoms with Gasteiger partial charge in [0.1, 0.15) is 23.0 Å². The van der Waals surface area contributed by atoms with Gasteiger partial charge in [0.2, 0.25) is 0 Å². The summed E-state index contributed by atoms with van der Waals surface area (Å²) in [5.41, 5.74) is -2.03. The van der Waals surface area contributed by atoms with E-state index in [1.165, 1.54) is 17.5 Å². The van der Waals surface area contributed by atoms with Crippen molar-refractivity contribution in [1.82, 2.24) is 15.0 Å². The molecule has 0 radical (unpaired) electrons. The zero-order valence-electron chi connectivity index (χ0n) is 16.4. The van der Waals surface area contributed by atoms with Crippen LogP contribution in [0.4, 0.5) is 10.6 Å². The van der Waals surface area contributed by atoms with Crippen LogP contribution in [0.1, 0.15) is 39.2 Å². The van der Waals surface area contributed by atoms with Crippen LogP contribution in [-0.4, -0.2) is 66.4 Å². The summed E-state index contributed by atoms with van der Waals surface area (Å²) in [6, 6.07) is -0.955. The number of quaternary nitrogens is 1. The number of hydrazine groups is 1. The van der Waals surface area contributed by atoms with Crippen LogP contribution in [0.25, 0.3) is 11.0 Å². The number of carbonyl (C=O) groups excluding carboxylic acids is 1. The molecule has 2 aromatic heterocycles. The van der Waals surface area contributed by atoms with Gasteiger partial charge in [-0.1, -0.05) is 0 Å². The first kappa shape index (κ1) is 20.4. The van der Waals surface area contributed by atoms with Gasteiger partial charge in [0.15, 0.2) is 11.9 Å². The van der Waals surface area contributed by atoms with Crippen LogP contribution in [0.15, 0.2) is 12.5 Å². The number of amides is 1. The molecule has 11 nitrogen and oxygen atoms in total. The number of anilines is 1. The fraction of sp³-hybridized carbons (Fsp3) is 0.588. The van der Waals surface area contributed by atoms with Crippen LogP contribution in [0.2, 0.25) is 0 Å². The van der Waals surface area contributed by atoms with E-state index in [0.717, 1.165) is 0 Å². The maximum atomic E-state index is 12.9. The molecule has 3 rings (SSSR count). The van der Waals surface area contributed by atoms with E-state index in [4.69, 9.17) is 10.6 Å². The number of hydrogen-bond acceptors (Lipinski definition) is 9. The largest absolute Gasteiger partial charge is 0.553 e. The minimum Gasteiger partial charge on any atom is -0.412 e. The maximum Gasteiger partial charge on any atom is 0.553 e. The topological polar surface area (TPSA) is 158 Å². The molecule has 0 saturated carbocycles. The second kappa shape index (κ2) is 6.64. The number of fused-ring (bicyclic) bond motifs is 1. The number of aromatic amines is 1. The van der Waals surface area contributed by atoms with Crippen molar-refractivity contribution in [1.29, 1.82) is 0 Å². The molecule has 1 amide bonds. The summed E-state index contributed by atoms with van der Waals surface area (Å²) in [7, 11) is 1.60. The van der Waals surface area contributed by atoms with Crippen molar-refractivity contribution in [3.05, 3.63) is 18.1 Å². The lowest BCUT2D eigenvalue weighted by molar-refractivity contribution is -1.11. The van der Waals surface area contributed by atoms with Gasteiger partial charge in [0, 0.05) is 26.1 Å². The summed E-state index contributed by atoms with van der Waals surface area (Å²) < 4.78 is 3.87. The Balaban J connectivity index is 2.17. The summed E-state index contributed by atoms with van der Waals surface area (Å²) in [6.07, 6.45) is 1.90. The number of nitrogens with two attached hydrogens (primary N) is 1. The van der Waals surface area contributed by atoms with Gasteiger partial charge in [-0.3, -0.25) is 5.01 Å². The van der Waals surface area contributed by atoms with Crippen LogP contribution in [0.3, 0.4) is 0 Å². The average molecular weight is 395 g/mol. The Bertz CT molecular complexity index is 894. The Morgan fingerprint density at radius 3 is 2.75 bits per heavy atom. The molecule has 0 bridgehead atoms. The van der Waals surface area contributed by atoms with E-state index in [9.17, 15) is 20.2 Å². The predicted octanol–water partition coefficient (Wildman–Crippen LogP) is 0.709. The van der Waals surface area contributed by atoms with Crippen LogP contribution in [-0.2, 0) is 10.5 Å². The second-order valence-corrected chi connectivity index (χ2v) is 8.09. The minimum atomic E-state index is -2.08. The lowest BCUT2D eigenvalue weighted by Gasteiger charge is -2.38. The number of ether oxygens (including phenoxy) is 1. The fourth-order valence-electron chi connectivity index (χ4n) is 3.69. The van der Waals surface area contributed by atoms with E-state index >= 15 is 0 Å². The number of likely N-dealkylation sites (tertiary alicyclic amines) is 1. The van der Waals surface area contributed by atoms with Gasteiger partial charge in [-0.15, -0.1) is 0 Å². The normalized spacial score (nSPS) is 27.9. The highest BCUT2D eigenvalue weighted by Gasteiger charge is 2.68. The smallest absolute Gasteiger partial charge is 0.412 e. The zero-order chi connectivity index (χ0) is 20.9. The fourth-order valence-corrected chi connectivity index (χ4v) is 3.69. The van der Waals surface area contributed by atoms with Crippen molar-refractivity contribution >= 4 is 22.9 Å². The highest BCUT2D eigenvalue weighted by Crippen LogP contribution is 2.48. The van der Waals surface area contributed by atoms with Crippen molar-refractivity contribution in [3.8, 4) is 0 Å².